The van der Waals surface area contributed by atoms with Crippen molar-refractivity contribution >= 4 is 244 Å². The Morgan fingerprint density at radius 3 is 0.985 bits per heavy atom. The maximum absolute atomic E-state index is 13.5. The average Bonchev–Trinajstić information content (AvgIpc) is 0.796. The third kappa shape index (κ3) is 26.5. The SMILES string of the molecule is O=C(NCc1ccc(Cl)c(Cl)c1)N1CCN(c2ccc(Cl)cc2Cl)C(c2ccc(Cl)cc2)C1.O=C(NCc1ccc(Cl)cc1Cl)N1CCN(c2ccc(Cl)cc2Cl)C(c2ccc(Cl)cc2)C1.O=C(Nc1cccc(F)c1)N1CCN(c2ccc(Cl)cc2Cl)C(c2ccc(Cl)cc2)C1.O=C(Nc1ccccc1-c1ccccc1)N1CCN(c2ccc(Cl)cc2Cl)C(c2ccc(Cl)cc2)C1. The van der Waals surface area contributed by atoms with E-state index in [1.54, 1.807) is 81.4 Å². The quantitative estimate of drug-likeness (QED) is 0.0795. The second-order valence-corrected chi connectivity index (χ2v) is 38.1. The number of carbonyl (C=O) groups is 4. The molecule has 4 aliphatic rings. The number of para-hydroxylation sites is 1. The van der Waals surface area contributed by atoms with Crippen LogP contribution in [0.1, 0.15) is 57.5 Å². The predicted octanol–water partition coefficient (Wildman–Crippen LogP) is 30.7. The first-order chi connectivity index (χ1) is 64.0. The number of hydrogen-bond donors (Lipinski definition) is 4. The number of piperazine rings is 4. The van der Waals surface area contributed by atoms with Gasteiger partial charge >= 0.3 is 24.1 Å². The first kappa shape index (κ1) is 99.7. The summed E-state index contributed by atoms with van der Waals surface area (Å²) < 4.78 is 13.5. The second kappa shape index (κ2) is 47.0. The van der Waals surface area contributed by atoms with Crippen LogP contribution in [-0.4, -0.2) is 122 Å². The lowest BCUT2D eigenvalue weighted by Gasteiger charge is -2.43. The first-order valence-corrected chi connectivity index (χ1v) is 47.9. The lowest BCUT2D eigenvalue weighted by Crippen LogP contribution is -2.53. The Bertz CT molecular complexity index is 6270. The van der Waals surface area contributed by atoms with Crippen LogP contribution < -0.4 is 40.9 Å². The van der Waals surface area contributed by atoms with Crippen LogP contribution in [0.4, 0.5) is 57.7 Å². The maximum Gasteiger partial charge on any atom is 0.322 e. The summed E-state index contributed by atoms with van der Waals surface area (Å²) in [6.45, 7) is 6.99. The molecule has 133 heavy (non-hydrogen) atoms. The molecule has 0 saturated carbocycles. The van der Waals surface area contributed by atoms with E-state index in [9.17, 15) is 23.6 Å². The van der Waals surface area contributed by atoms with Crippen molar-refractivity contribution in [2.24, 2.45) is 0 Å². The Labute approximate surface area is 851 Å². The number of amides is 8. The van der Waals surface area contributed by atoms with Crippen molar-refractivity contribution in [3.05, 3.63) is 405 Å². The van der Waals surface area contributed by atoms with Crippen molar-refractivity contribution in [3.8, 4) is 11.1 Å². The molecule has 16 nitrogen and oxygen atoms in total. The summed E-state index contributed by atoms with van der Waals surface area (Å²) in [5, 5.41) is 21.0. The van der Waals surface area contributed by atoms with Crippen molar-refractivity contribution < 1.29 is 23.6 Å². The van der Waals surface area contributed by atoms with Gasteiger partial charge in [-0.3, -0.25) is 0 Å². The first-order valence-electron chi connectivity index (χ1n) is 41.9. The molecule has 4 heterocycles. The predicted molar refractivity (Wildman–Crippen MR) is 552 cm³/mol. The maximum atomic E-state index is 13.5. The molecule has 0 spiro atoms. The minimum Gasteiger partial charge on any atom is -0.360 e. The summed E-state index contributed by atoms with van der Waals surface area (Å²) in [5.41, 5.74) is 12.5. The van der Waals surface area contributed by atoms with Gasteiger partial charge < -0.3 is 60.5 Å². The van der Waals surface area contributed by atoms with E-state index < -0.39 is 5.82 Å². The van der Waals surface area contributed by atoms with Crippen LogP contribution >= 0.6 is 186 Å². The van der Waals surface area contributed by atoms with Crippen LogP contribution in [0, 0.1) is 5.82 Å². The lowest BCUT2D eigenvalue weighted by atomic mass is 10.0. The zero-order valence-corrected chi connectivity index (χ0v) is 82.6. The summed E-state index contributed by atoms with van der Waals surface area (Å²) in [6.07, 6.45) is 0. The van der Waals surface area contributed by atoms with Crippen LogP contribution in [-0.2, 0) is 13.1 Å². The summed E-state index contributed by atoms with van der Waals surface area (Å²) in [5.74, 6) is -0.404. The normalized spacial score (nSPS) is 16.0. The van der Waals surface area contributed by atoms with Crippen LogP contribution in [0.15, 0.2) is 285 Å². The lowest BCUT2D eigenvalue weighted by molar-refractivity contribution is 0.184. The molecule has 686 valence electrons. The molecule has 0 bridgehead atoms. The molecule has 0 aromatic heterocycles. The zero-order valence-electron chi connectivity index (χ0n) is 70.5. The largest absolute Gasteiger partial charge is 0.360 e. The highest BCUT2D eigenvalue weighted by atomic mass is 35.5. The number of rotatable bonds is 15. The molecule has 4 saturated heterocycles. The Balaban J connectivity index is 0.000000143. The molecule has 0 aliphatic carbocycles. The van der Waals surface area contributed by atoms with E-state index >= 15 is 0 Å². The molecule has 8 amide bonds. The highest BCUT2D eigenvalue weighted by Crippen LogP contribution is 2.44. The number of urea groups is 4. The van der Waals surface area contributed by atoms with Gasteiger partial charge in [-0.2, -0.15) is 0 Å². The van der Waals surface area contributed by atoms with E-state index in [4.69, 9.17) is 186 Å². The smallest absolute Gasteiger partial charge is 0.322 e. The minimum absolute atomic E-state index is 0.106. The molecule has 13 aromatic rings. The highest BCUT2D eigenvalue weighted by Gasteiger charge is 2.38. The third-order valence-corrected chi connectivity index (χ3v) is 27.3. The Morgan fingerprint density at radius 2 is 0.617 bits per heavy atom. The standard InChI is InChI=1S/C29H24Cl3N3O.2C24H20Cl5N3O.C23H19Cl3FN3O/c30-22-12-10-21(11-13-22)28-19-34(16-17-35(28)27-15-14-23(31)18-25(27)32)29(36)33-26-9-5-4-8-24(26)20-6-2-1-3-7-20;25-17-4-2-16(3-5-17)23-14-31(9-10-32(23)22-8-6-18(26)12-21(22)29)24(33)30-13-15-1-7-19(27)20(28)11-15;25-17-4-1-15(2-5-17)23-14-31(9-10-32(23)22-8-7-19(27)12-21(22)29)24(33)30-13-16-3-6-18(26)11-20(16)28;24-16-6-4-15(5-7-16)22-14-29(23(31)28-19-3-1-2-18(27)13-19)10-11-30(22)21-9-8-17(25)12-20(21)26/h1-15,18,28H,16-17,19H2,(H,33,36);2*1-8,11-12,23H,9-10,13-14H2,(H,30,33);1-9,12-13,22H,10-11,14H2,(H,28,31). The van der Waals surface area contributed by atoms with Gasteiger partial charge in [0.05, 0.1) is 82.7 Å². The molecule has 33 heteroatoms. The van der Waals surface area contributed by atoms with Gasteiger partial charge in [0.15, 0.2) is 0 Å². The van der Waals surface area contributed by atoms with Gasteiger partial charge in [-0.15, -0.1) is 0 Å². The van der Waals surface area contributed by atoms with E-state index in [0.717, 1.165) is 72.9 Å². The molecule has 4 fully saturated rings. The Morgan fingerprint density at radius 1 is 0.278 bits per heavy atom. The Kier molecular flexibility index (Phi) is 35.2. The molecule has 4 unspecified atom stereocenters. The van der Waals surface area contributed by atoms with Gasteiger partial charge in [-0.1, -0.05) is 301 Å². The summed E-state index contributed by atoms with van der Waals surface area (Å²) in [7, 11) is 0. The summed E-state index contributed by atoms with van der Waals surface area (Å²) in [4.78, 5) is 68.3. The van der Waals surface area contributed by atoms with Gasteiger partial charge in [0.2, 0.25) is 0 Å². The number of anilines is 6. The third-order valence-electron chi connectivity index (χ3n) is 22.8. The number of hydrogen-bond acceptors (Lipinski definition) is 8. The fourth-order valence-corrected chi connectivity index (χ4v) is 19.4. The minimum atomic E-state index is -0.404. The van der Waals surface area contributed by atoms with Crippen molar-refractivity contribution in [1.29, 1.82) is 0 Å². The van der Waals surface area contributed by atoms with Crippen molar-refractivity contribution in [2.75, 3.05) is 109 Å². The van der Waals surface area contributed by atoms with Crippen LogP contribution in [0.25, 0.3) is 11.1 Å². The second-order valence-electron chi connectivity index (χ2n) is 31.3. The van der Waals surface area contributed by atoms with E-state index in [0.29, 0.717) is 178 Å². The molecule has 13 aromatic carbocycles. The molecule has 0 radical (unpaired) electrons. The number of nitrogens with one attached hydrogen (secondary N) is 4. The molecule has 17 rings (SSSR count). The molecular weight excluding hydrogens is 2020 g/mol. The van der Waals surface area contributed by atoms with Crippen LogP contribution in [0.5, 0.6) is 0 Å². The molecule has 4 N–H and O–H groups in total. The summed E-state index contributed by atoms with van der Waals surface area (Å²) >= 11 is 99.2. The van der Waals surface area contributed by atoms with Crippen LogP contribution in [0.3, 0.4) is 0 Å². The van der Waals surface area contributed by atoms with Gasteiger partial charge in [0.25, 0.3) is 0 Å². The van der Waals surface area contributed by atoms with E-state index in [2.05, 4.69) is 40.9 Å². The average molecular weight is 2100 g/mol. The monoisotopic (exact) mass is 2090 g/mol. The van der Waals surface area contributed by atoms with E-state index in [1.807, 2.05) is 211 Å². The highest BCUT2D eigenvalue weighted by molar-refractivity contribution is 6.42. The number of halogens is 17. The van der Waals surface area contributed by atoms with Crippen LogP contribution in [0.2, 0.25) is 80.4 Å². The van der Waals surface area contributed by atoms with Crippen molar-refractivity contribution in [1.82, 2.24) is 30.2 Å². The number of nitrogens with zero attached hydrogens (tertiary/aromatic N) is 8. The Hall–Kier alpha value is -9.29. The molecule has 4 atom stereocenters. The zero-order chi connectivity index (χ0) is 94.1. The van der Waals surface area contributed by atoms with Gasteiger partial charge in [0, 0.05) is 153 Å². The fourth-order valence-electron chi connectivity index (χ4n) is 16.1. The molecular formula is C100H83Cl16FN12O4. The van der Waals surface area contributed by atoms with E-state index in [-0.39, 0.29) is 48.3 Å². The van der Waals surface area contributed by atoms with Gasteiger partial charge in [-0.25, -0.2) is 23.6 Å². The summed E-state index contributed by atoms with van der Waals surface area (Å²) in [6, 6.07) is 85.4. The van der Waals surface area contributed by atoms with Crippen molar-refractivity contribution in [3.63, 3.8) is 0 Å². The van der Waals surface area contributed by atoms with E-state index in [1.165, 1.54) is 12.1 Å². The number of carbonyl (C=O) groups excluding carboxylic acids is 4. The van der Waals surface area contributed by atoms with Gasteiger partial charge in [0.1, 0.15) is 5.82 Å². The molecule has 4 aliphatic heterocycles. The van der Waals surface area contributed by atoms with Gasteiger partial charge in [-0.05, 0) is 209 Å². The number of benzene rings is 13. The fraction of sp³-hybridized carbons (Fsp3) is 0.180. The topological polar surface area (TPSA) is 142 Å². The van der Waals surface area contributed by atoms with Crippen molar-refractivity contribution in [2.45, 2.75) is 37.3 Å².